The van der Waals surface area contributed by atoms with Crippen LogP contribution >= 0.6 is 11.6 Å². The number of aliphatic hydroxyl groups is 1. The Bertz CT molecular complexity index is 421. The van der Waals surface area contributed by atoms with E-state index in [0.29, 0.717) is 17.5 Å². The van der Waals surface area contributed by atoms with E-state index in [1.54, 1.807) is 0 Å². The summed E-state index contributed by atoms with van der Waals surface area (Å²) in [6, 6.07) is 4.89. The molecule has 0 spiro atoms. The van der Waals surface area contributed by atoms with E-state index in [1.807, 2.05) is 18.2 Å². The van der Waals surface area contributed by atoms with Gasteiger partial charge in [0.05, 0.1) is 6.61 Å². The first-order valence-corrected chi connectivity index (χ1v) is 6.26. The smallest absolute Gasteiger partial charge is 0.239 e. The molecule has 1 aromatic carbocycles. The number of rotatable bonds is 5. The predicted molar refractivity (Wildman–Crippen MR) is 72.4 cm³/mol. The third kappa shape index (κ3) is 3.98. The first-order chi connectivity index (χ1) is 8.45. The van der Waals surface area contributed by atoms with Gasteiger partial charge in [-0.1, -0.05) is 37.6 Å². The van der Waals surface area contributed by atoms with Crippen molar-refractivity contribution in [3.63, 3.8) is 0 Å². The molecule has 0 fully saturated rings. The molecule has 18 heavy (non-hydrogen) atoms. The number of hydrogen-bond acceptors (Lipinski definition) is 3. The van der Waals surface area contributed by atoms with E-state index < -0.39 is 6.04 Å². The number of halogens is 1. The summed E-state index contributed by atoms with van der Waals surface area (Å²) < 4.78 is 0. The predicted octanol–water partition coefficient (Wildman–Crippen LogP) is 1.40. The molecule has 0 radical (unpaired) electrons. The lowest BCUT2D eigenvalue weighted by Gasteiger charge is -2.12. The Morgan fingerprint density at radius 2 is 2.17 bits per heavy atom. The molecule has 0 bridgehead atoms. The Morgan fingerprint density at radius 1 is 1.50 bits per heavy atom. The van der Waals surface area contributed by atoms with Gasteiger partial charge in [-0.25, -0.2) is 0 Å². The van der Waals surface area contributed by atoms with E-state index in [-0.39, 0.29) is 12.5 Å². The Kier molecular flexibility index (Phi) is 5.59. The van der Waals surface area contributed by atoms with Crippen molar-refractivity contribution in [2.75, 3.05) is 6.61 Å². The minimum absolute atomic E-state index is 0.309. The van der Waals surface area contributed by atoms with Crippen LogP contribution < -0.4 is 11.1 Å². The van der Waals surface area contributed by atoms with Crippen molar-refractivity contribution in [2.24, 2.45) is 5.73 Å². The van der Waals surface area contributed by atoms with Crippen molar-refractivity contribution in [3.05, 3.63) is 34.3 Å². The molecule has 4 N–H and O–H groups in total. The van der Waals surface area contributed by atoms with Crippen LogP contribution in [0.5, 0.6) is 0 Å². The molecule has 0 aliphatic rings. The molecule has 0 heterocycles. The number of benzene rings is 1. The molecule has 0 saturated carbocycles. The zero-order valence-electron chi connectivity index (χ0n) is 10.6. The quantitative estimate of drug-likeness (QED) is 0.757. The van der Waals surface area contributed by atoms with Crippen molar-refractivity contribution in [3.8, 4) is 0 Å². The molecule has 5 heteroatoms. The lowest BCUT2D eigenvalue weighted by molar-refractivity contribution is -0.123. The third-order valence-corrected chi connectivity index (χ3v) is 3.08. The second-order valence-corrected chi connectivity index (χ2v) is 4.92. The van der Waals surface area contributed by atoms with Gasteiger partial charge in [0, 0.05) is 11.6 Å². The zero-order valence-corrected chi connectivity index (χ0v) is 11.4. The number of aliphatic hydroxyl groups excluding tert-OH is 1. The number of nitrogens with one attached hydrogen (secondary N) is 1. The summed E-state index contributed by atoms with van der Waals surface area (Å²) in [5.74, 6) is 0.0236. The highest BCUT2D eigenvalue weighted by Gasteiger charge is 2.12. The molecular formula is C13H19ClN2O2. The van der Waals surface area contributed by atoms with Gasteiger partial charge in [0.15, 0.2) is 0 Å². The number of carbonyl (C=O) groups excluding carboxylic acids is 1. The van der Waals surface area contributed by atoms with Gasteiger partial charge in [0.25, 0.3) is 0 Å². The largest absolute Gasteiger partial charge is 0.394 e. The minimum atomic E-state index is -0.890. The lowest BCUT2D eigenvalue weighted by Crippen LogP contribution is -2.42. The molecule has 0 saturated heterocycles. The van der Waals surface area contributed by atoms with Crippen LogP contribution in [0.15, 0.2) is 18.2 Å². The van der Waals surface area contributed by atoms with Gasteiger partial charge in [-0.05, 0) is 23.1 Å². The van der Waals surface area contributed by atoms with Crippen molar-refractivity contribution >= 4 is 17.5 Å². The highest BCUT2D eigenvalue weighted by Crippen LogP contribution is 2.22. The Balaban J connectivity index is 2.66. The van der Waals surface area contributed by atoms with Gasteiger partial charge in [-0.3, -0.25) is 4.79 Å². The maximum atomic E-state index is 11.4. The number of amides is 1. The van der Waals surface area contributed by atoms with Crippen LogP contribution in [-0.4, -0.2) is 23.7 Å². The first-order valence-electron chi connectivity index (χ1n) is 5.88. The van der Waals surface area contributed by atoms with Gasteiger partial charge in [-0.2, -0.15) is 0 Å². The molecule has 0 aliphatic heterocycles. The van der Waals surface area contributed by atoms with Gasteiger partial charge in [-0.15, -0.1) is 0 Å². The fourth-order valence-electron chi connectivity index (χ4n) is 1.46. The molecule has 1 atom stereocenters. The van der Waals surface area contributed by atoms with Gasteiger partial charge in [0.2, 0.25) is 5.91 Å². The average molecular weight is 271 g/mol. The second kappa shape index (κ2) is 6.73. The SMILES string of the molecule is CC(C)c1ccc(CNC(=O)C(N)CO)c(Cl)c1. The van der Waals surface area contributed by atoms with Crippen molar-refractivity contribution in [2.45, 2.75) is 32.4 Å². The molecule has 1 unspecified atom stereocenters. The number of hydrogen-bond donors (Lipinski definition) is 3. The summed E-state index contributed by atoms with van der Waals surface area (Å²) in [6.07, 6.45) is 0. The highest BCUT2D eigenvalue weighted by molar-refractivity contribution is 6.31. The number of nitrogens with two attached hydrogens (primary N) is 1. The Labute approximate surface area is 112 Å². The average Bonchev–Trinajstić information content (AvgIpc) is 2.35. The number of carbonyl (C=O) groups is 1. The van der Waals surface area contributed by atoms with Gasteiger partial charge >= 0.3 is 0 Å². The maximum Gasteiger partial charge on any atom is 0.239 e. The van der Waals surface area contributed by atoms with Crippen LogP contribution in [0.2, 0.25) is 5.02 Å². The van der Waals surface area contributed by atoms with Gasteiger partial charge in [0.1, 0.15) is 6.04 Å². The van der Waals surface area contributed by atoms with E-state index in [2.05, 4.69) is 19.2 Å². The molecular weight excluding hydrogens is 252 g/mol. The molecule has 1 amide bonds. The zero-order chi connectivity index (χ0) is 13.7. The van der Waals surface area contributed by atoms with E-state index in [0.717, 1.165) is 11.1 Å². The standard InChI is InChI=1S/C13H19ClN2O2/c1-8(2)9-3-4-10(11(14)5-9)6-16-13(18)12(15)7-17/h3-5,8,12,17H,6-7,15H2,1-2H3,(H,16,18). The Hall–Kier alpha value is -1.10. The van der Waals surface area contributed by atoms with E-state index >= 15 is 0 Å². The highest BCUT2D eigenvalue weighted by atomic mass is 35.5. The summed E-state index contributed by atoms with van der Waals surface area (Å²) in [5, 5.41) is 12.0. The van der Waals surface area contributed by atoms with Crippen molar-refractivity contribution < 1.29 is 9.90 Å². The molecule has 100 valence electrons. The molecule has 1 rings (SSSR count). The third-order valence-electron chi connectivity index (χ3n) is 2.73. The van der Waals surface area contributed by atoms with E-state index in [1.165, 1.54) is 0 Å². The van der Waals surface area contributed by atoms with Crippen LogP contribution in [0.4, 0.5) is 0 Å². The lowest BCUT2D eigenvalue weighted by atomic mass is 10.0. The Morgan fingerprint density at radius 3 is 2.67 bits per heavy atom. The second-order valence-electron chi connectivity index (χ2n) is 4.51. The van der Waals surface area contributed by atoms with E-state index in [4.69, 9.17) is 22.4 Å². The monoisotopic (exact) mass is 270 g/mol. The van der Waals surface area contributed by atoms with Crippen LogP contribution in [0.1, 0.15) is 30.9 Å². The van der Waals surface area contributed by atoms with Crippen LogP contribution in [0.3, 0.4) is 0 Å². The topological polar surface area (TPSA) is 75.4 Å². The summed E-state index contributed by atoms with van der Waals surface area (Å²) in [6.45, 7) is 4.12. The first kappa shape index (κ1) is 15.0. The molecule has 4 nitrogen and oxygen atoms in total. The van der Waals surface area contributed by atoms with Crippen LogP contribution in [0.25, 0.3) is 0 Å². The summed E-state index contributed by atoms with van der Waals surface area (Å²) in [4.78, 5) is 11.4. The van der Waals surface area contributed by atoms with Crippen LogP contribution in [0, 0.1) is 0 Å². The van der Waals surface area contributed by atoms with Crippen molar-refractivity contribution in [1.29, 1.82) is 0 Å². The molecule has 0 aliphatic carbocycles. The van der Waals surface area contributed by atoms with Crippen molar-refractivity contribution in [1.82, 2.24) is 5.32 Å². The van der Waals surface area contributed by atoms with Gasteiger partial charge < -0.3 is 16.2 Å². The summed E-state index contributed by atoms with van der Waals surface area (Å²) >= 11 is 6.14. The normalized spacial score (nSPS) is 12.6. The maximum absolute atomic E-state index is 11.4. The summed E-state index contributed by atoms with van der Waals surface area (Å²) in [5.41, 5.74) is 7.38. The van der Waals surface area contributed by atoms with Crippen LogP contribution in [-0.2, 0) is 11.3 Å². The fourth-order valence-corrected chi connectivity index (χ4v) is 1.72. The van der Waals surface area contributed by atoms with E-state index in [9.17, 15) is 4.79 Å². The minimum Gasteiger partial charge on any atom is -0.394 e. The molecule has 1 aromatic rings. The summed E-state index contributed by atoms with van der Waals surface area (Å²) in [7, 11) is 0. The fraction of sp³-hybridized carbons (Fsp3) is 0.462. The molecule has 0 aromatic heterocycles.